The summed E-state index contributed by atoms with van der Waals surface area (Å²) in [5.74, 6) is -1.45. The Balaban J connectivity index is 2.71. The number of sulfone groups is 1. The molecule has 1 aromatic carbocycles. The van der Waals surface area contributed by atoms with Gasteiger partial charge in [0.2, 0.25) is 0 Å². The van der Waals surface area contributed by atoms with Gasteiger partial charge in [-0.25, -0.2) is 22.0 Å². The second-order valence-corrected chi connectivity index (χ2v) is 6.41. The summed E-state index contributed by atoms with van der Waals surface area (Å²) in [5.41, 5.74) is -0.0150. The molecule has 0 fully saturated rings. The summed E-state index contributed by atoms with van der Waals surface area (Å²) >= 11 is 0. The SMILES string of the molecule is CN(CCS(=O)(=O)c1ccc(C(=O)O)cc1)CC(F)F. The number of carbonyl (C=O) groups is 1. The van der Waals surface area contributed by atoms with E-state index in [-0.39, 0.29) is 22.8 Å². The Morgan fingerprint density at radius 3 is 2.30 bits per heavy atom. The molecule has 0 atom stereocenters. The van der Waals surface area contributed by atoms with Gasteiger partial charge in [0, 0.05) is 6.54 Å². The first-order chi connectivity index (χ1) is 9.22. The maximum Gasteiger partial charge on any atom is 0.335 e. The predicted octanol–water partition coefficient (Wildman–Crippen LogP) is 1.36. The van der Waals surface area contributed by atoms with Crippen LogP contribution in [0.15, 0.2) is 29.2 Å². The van der Waals surface area contributed by atoms with Crippen molar-refractivity contribution in [1.82, 2.24) is 4.90 Å². The molecule has 0 saturated heterocycles. The molecule has 1 rings (SSSR count). The first-order valence-electron chi connectivity index (χ1n) is 5.75. The van der Waals surface area contributed by atoms with E-state index in [1.165, 1.54) is 36.2 Å². The predicted molar refractivity (Wildman–Crippen MR) is 69.0 cm³/mol. The number of halogens is 2. The molecular formula is C12H15F2NO4S. The second-order valence-electron chi connectivity index (χ2n) is 4.30. The van der Waals surface area contributed by atoms with Crippen LogP contribution in [0.25, 0.3) is 0 Å². The highest BCUT2D eigenvalue weighted by Gasteiger charge is 2.17. The third-order valence-electron chi connectivity index (χ3n) is 2.65. The Kier molecular flexibility index (Phi) is 5.58. The number of carboxylic acid groups (broad SMARTS) is 1. The molecule has 0 aliphatic heterocycles. The van der Waals surface area contributed by atoms with E-state index < -0.39 is 28.8 Å². The van der Waals surface area contributed by atoms with Crippen LogP contribution < -0.4 is 0 Å². The number of hydrogen-bond donors (Lipinski definition) is 1. The van der Waals surface area contributed by atoms with Crippen molar-refractivity contribution in [1.29, 1.82) is 0 Å². The number of nitrogens with zero attached hydrogens (tertiary/aromatic N) is 1. The Morgan fingerprint density at radius 1 is 1.30 bits per heavy atom. The number of aromatic carboxylic acids is 1. The summed E-state index contributed by atoms with van der Waals surface area (Å²) < 4.78 is 48.1. The fourth-order valence-corrected chi connectivity index (χ4v) is 2.86. The van der Waals surface area contributed by atoms with Crippen molar-refractivity contribution in [2.75, 3.05) is 25.9 Å². The molecule has 0 aromatic heterocycles. The van der Waals surface area contributed by atoms with Crippen LogP contribution in [-0.4, -0.2) is 56.7 Å². The molecule has 0 bridgehead atoms. The lowest BCUT2D eigenvalue weighted by atomic mass is 10.2. The second kappa shape index (κ2) is 6.76. The molecule has 0 amide bonds. The van der Waals surface area contributed by atoms with Crippen molar-refractivity contribution < 1.29 is 27.1 Å². The minimum Gasteiger partial charge on any atom is -0.478 e. The van der Waals surface area contributed by atoms with E-state index in [0.717, 1.165) is 0 Å². The number of rotatable bonds is 7. The lowest BCUT2D eigenvalue weighted by Gasteiger charge is -2.15. The van der Waals surface area contributed by atoms with Crippen LogP contribution in [0.4, 0.5) is 8.78 Å². The lowest BCUT2D eigenvalue weighted by molar-refractivity contribution is 0.0696. The maximum absolute atomic E-state index is 12.1. The highest BCUT2D eigenvalue weighted by atomic mass is 32.2. The molecule has 0 spiro atoms. The molecule has 0 saturated carbocycles. The van der Waals surface area contributed by atoms with Crippen molar-refractivity contribution in [3.63, 3.8) is 0 Å². The van der Waals surface area contributed by atoms with Gasteiger partial charge >= 0.3 is 5.97 Å². The summed E-state index contributed by atoms with van der Waals surface area (Å²) in [6.07, 6.45) is -2.52. The lowest BCUT2D eigenvalue weighted by Crippen LogP contribution is -2.29. The van der Waals surface area contributed by atoms with Gasteiger partial charge in [0.1, 0.15) is 0 Å². The number of hydrogen-bond acceptors (Lipinski definition) is 4. The summed E-state index contributed by atoms with van der Waals surface area (Å²) in [6, 6.07) is 4.79. The van der Waals surface area contributed by atoms with Crippen molar-refractivity contribution in [3.05, 3.63) is 29.8 Å². The van der Waals surface area contributed by atoms with E-state index >= 15 is 0 Å². The van der Waals surface area contributed by atoms with E-state index in [2.05, 4.69) is 0 Å². The maximum atomic E-state index is 12.1. The topological polar surface area (TPSA) is 74.7 Å². The summed E-state index contributed by atoms with van der Waals surface area (Å²) in [4.78, 5) is 11.9. The van der Waals surface area contributed by atoms with E-state index in [9.17, 15) is 22.0 Å². The van der Waals surface area contributed by atoms with Crippen LogP contribution in [0, 0.1) is 0 Å². The Morgan fingerprint density at radius 2 is 1.85 bits per heavy atom. The highest BCUT2D eigenvalue weighted by molar-refractivity contribution is 7.91. The highest BCUT2D eigenvalue weighted by Crippen LogP contribution is 2.13. The van der Waals surface area contributed by atoms with Crippen molar-refractivity contribution in [3.8, 4) is 0 Å². The third-order valence-corrected chi connectivity index (χ3v) is 4.36. The molecule has 1 aromatic rings. The molecule has 0 aliphatic rings. The molecule has 112 valence electrons. The fraction of sp³-hybridized carbons (Fsp3) is 0.417. The molecule has 5 nitrogen and oxygen atoms in total. The standard InChI is InChI=1S/C12H15F2NO4S/c1-15(8-11(13)14)6-7-20(18,19)10-4-2-9(3-5-10)12(16)17/h2-5,11H,6-8H2,1H3,(H,16,17). The Hall–Kier alpha value is -1.54. The minimum atomic E-state index is -3.61. The molecule has 20 heavy (non-hydrogen) atoms. The Bertz CT molecular complexity index is 557. The van der Waals surface area contributed by atoms with Gasteiger partial charge in [0.05, 0.1) is 22.8 Å². The molecule has 0 radical (unpaired) electrons. The summed E-state index contributed by atoms with van der Waals surface area (Å²) in [5, 5.41) is 8.71. The van der Waals surface area contributed by atoms with Gasteiger partial charge in [-0.2, -0.15) is 0 Å². The van der Waals surface area contributed by atoms with Crippen LogP contribution in [0.2, 0.25) is 0 Å². The van der Waals surface area contributed by atoms with E-state index in [4.69, 9.17) is 5.11 Å². The van der Waals surface area contributed by atoms with Gasteiger partial charge in [-0.1, -0.05) is 0 Å². The summed E-state index contributed by atoms with van der Waals surface area (Å²) in [7, 11) is -2.20. The van der Waals surface area contributed by atoms with Gasteiger partial charge in [0.25, 0.3) is 6.43 Å². The molecule has 1 N–H and O–H groups in total. The zero-order chi connectivity index (χ0) is 15.3. The van der Waals surface area contributed by atoms with E-state index in [1.54, 1.807) is 0 Å². The zero-order valence-corrected chi connectivity index (χ0v) is 11.6. The molecule has 0 unspecified atom stereocenters. The van der Waals surface area contributed by atoms with E-state index in [1.807, 2.05) is 0 Å². The normalized spacial score (nSPS) is 12.1. The van der Waals surface area contributed by atoms with E-state index in [0.29, 0.717) is 0 Å². The van der Waals surface area contributed by atoms with Gasteiger partial charge in [-0.05, 0) is 31.3 Å². The fourth-order valence-electron chi connectivity index (χ4n) is 1.53. The first-order valence-corrected chi connectivity index (χ1v) is 7.40. The number of benzene rings is 1. The molecule has 0 heterocycles. The van der Waals surface area contributed by atoms with Crippen LogP contribution in [0.5, 0.6) is 0 Å². The molecular weight excluding hydrogens is 292 g/mol. The van der Waals surface area contributed by atoms with Crippen molar-refractivity contribution >= 4 is 15.8 Å². The van der Waals surface area contributed by atoms with Gasteiger partial charge in [-0.15, -0.1) is 0 Å². The smallest absolute Gasteiger partial charge is 0.335 e. The van der Waals surface area contributed by atoms with Crippen molar-refractivity contribution in [2.45, 2.75) is 11.3 Å². The van der Waals surface area contributed by atoms with Gasteiger partial charge in [0.15, 0.2) is 9.84 Å². The zero-order valence-electron chi connectivity index (χ0n) is 10.8. The first kappa shape index (κ1) is 16.5. The molecule has 8 heteroatoms. The quantitative estimate of drug-likeness (QED) is 0.823. The van der Waals surface area contributed by atoms with Gasteiger partial charge < -0.3 is 5.11 Å². The minimum absolute atomic E-state index is 0.0150. The molecule has 0 aliphatic carbocycles. The largest absolute Gasteiger partial charge is 0.478 e. The monoisotopic (exact) mass is 307 g/mol. The van der Waals surface area contributed by atoms with Crippen LogP contribution >= 0.6 is 0 Å². The average Bonchev–Trinajstić information content (AvgIpc) is 2.36. The van der Waals surface area contributed by atoms with Crippen molar-refractivity contribution in [2.24, 2.45) is 0 Å². The van der Waals surface area contributed by atoms with Crippen LogP contribution in [0.3, 0.4) is 0 Å². The Labute approximate surface area is 115 Å². The van der Waals surface area contributed by atoms with Gasteiger partial charge in [-0.3, -0.25) is 4.90 Å². The summed E-state index contributed by atoms with van der Waals surface area (Å²) in [6.45, 7) is -0.513. The number of carboxylic acids is 1. The van der Waals surface area contributed by atoms with Crippen LogP contribution in [-0.2, 0) is 9.84 Å². The number of alkyl halides is 2. The van der Waals surface area contributed by atoms with Crippen LogP contribution in [0.1, 0.15) is 10.4 Å². The third kappa shape index (κ3) is 4.86. The average molecular weight is 307 g/mol.